The summed E-state index contributed by atoms with van der Waals surface area (Å²) in [6.07, 6.45) is 1.67. The van der Waals surface area contributed by atoms with Gasteiger partial charge in [0.1, 0.15) is 5.01 Å². The zero-order valence-corrected chi connectivity index (χ0v) is 13.7. The van der Waals surface area contributed by atoms with Crippen molar-refractivity contribution in [2.24, 2.45) is 0 Å². The maximum absolute atomic E-state index is 12.6. The van der Waals surface area contributed by atoms with Crippen molar-refractivity contribution in [3.05, 3.63) is 46.4 Å². The highest BCUT2D eigenvalue weighted by Crippen LogP contribution is 2.20. The van der Waals surface area contributed by atoms with Gasteiger partial charge < -0.3 is 5.32 Å². The molecular weight excluding hydrogens is 306 g/mol. The van der Waals surface area contributed by atoms with E-state index >= 15 is 0 Å². The molecule has 0 saturated carbocycles. The first kappa shape index (κ1) is 16.1. The van der Waals surface area contributed by atoms with Crippen LogP contribution in [0.3, 0.4) is 0 Å². The van der Waals surface area contributed by atoms with Gasteiger partial charge in [-0.1, -0.05) is 25.1 Å². The van der Waals surface area contributed by atoms with Gasteiger partial charge in [0.05, 0.1) is 10.9 Å². The first-order valence-corrected chi connectivity index (χ1v) is 9.11. The van der Waals surface area contributed by atoms with E-state index in [9.17, 15) is 8.42 Å². The average molecular weight is 325 g/mol. The Balaban J connectivity index is 2.23. The van der Waals surface area contributed by atoms with Crippen LogP contribution in [0, 0.1) is 0 Å². The zero-order valence-electron chi connectivity index (χ0n) is 12.0. The van der Waals surface area contributed by atoms with Gasteiger partial charge in [0.15, 0.2) is 0 Å². The Hall–Kier alpha value is -1.28. The maximum atomic E-state index is 12.6. The van der Waals surface area contributed by atoms with E-state index in [1.807, 2.05) is 24.4 Å². The number of sulfonamides is 1. The molecule has 0 saturated heterocycles. The van der Waals surface area contributed by atoms with Crippen LogP contribution in [-0.4, -0.2) is 19.9 Å². The van der Waals surface area contributed by atoms with Gasteiger partial charge in [-0.2, -0.15) is 0 Å². The predicted molar refractivity (Wildman–Crippen MR) is 84.7 cm³/mol. The van der Waals surface area contributed by atoms with Crippen LogP contribution in [-0.2, 0) is 16.6 Å². The molecule has 1 unspecified atom stereocenters. The highest BCUT2D eigenvalue weighted by Gasteiger charge is 2.22. The van der Waals surface area contributed by atoms with Gasteiger partial charge in [0.2, 0.25) is 10.0 Å². The van der Waals surface area contributed by atoms with E-state index in [1.54, 1.807) is 25.3 Å². The van der Waals surface area contributed by atoms with E-state index in [2.05, 4.69) is 15.0 Å². The van der Waals surface area contributed by atoms with Crippen molar-refractivity contribution in [2.75, 3.05) is 6.54 Å². The summed E-state index contributed by atoms with van der Waals surface area (Å²) in [5.74, 6) is 0. The summed E-state index contributed by atoms with van der Waals surface area (Å²) in [4.78, 5) is 4.46. The van der Waals surface area contributed by atoms with Crippen molar-refractivity contribution >= 4 is 21.4 Å². The number of rotatable bonds is 7. The van der Waals surface area contributed by atoms with Crippen LogP contribution in [0.25, 0.3) is 0 Å². The maximum Gasteiger partial charge on any atom is 0.241 e. The van der Waals surface area contributed by atoms with Gasteiger partial charge in [0, 0.05) is 18.1 Å². The van der Waals surface area contributed by atoms with Crippen LogP contribution >= 0.6 is 11.3 Å². The minimum atomic E-state index is -3.57. The van der Waals surface area contributed by atoms with E-state index in [4.69, 9.17) is 0 Å². The van der Waals surface area contributed by atoms with Crippen molar-refractivity contribution in [3.63, 3.8) is 0 Å². The lowest BCUT2D eigenvalue weighted by atomic mass is 10.2. The van der Waals surface area contributed by atoms with Crippen LogP contribution in [0.5, 0.6) is 0 Å². The normalized spacial score (nSPS) is 13.2. The molecule has 1 aromatic heterocycles. The lowest BCUT2D eigenvalue weighted by Crippen LogP contribution is -2.28. The molecule has 21 heavy (non-hydrogen) atoms. The summed E-state index contributed by atoms with van der Waals surface area (Å²) < 4.78 is 27.8. The number of nitrogens with zero attached hydrogens (tertiary/aromatic N) is 1. The van der Waals surface area contributed by atoms with Gasteiger partial charge in [-0.05, 0) is 25.1 Å². The molecule has 2 rings (SSSR count). The molecule has 1 heterocycles. The molecule has 7 heteroatoms. The van der Waals surface area contributed by atoms with Crippen molar-refractivity contribution in [3.8, 4) is 0 Å². The van der Waals surface area contributed by atoms with Gasteiger partial charge in [-0.3, -0.25) is 0 Å². The van der Waals surface area contributed by atoms with Crippen LogP contribution in [0.2, 0.25) is 0 Å². The number of hydrogen-bond donors (Lipinski definition) is 2. The number of benzene rings is 1. The summed E-state index contributed by atoms with van der Waals surface area (Å²) in [5.41, 5.74) is 0.762. The summed E-state index contributed by atoms with van der Waals surface area (Å²) in [5, 5.41) is 5.74. The molecule has 0 fully saturated rings. The quantitative estimate of drug-likeness (QED) is 0.819. The molecule has 0 bridgehead atoms. The monoisotopic (exact) mass is 325 g/mol. The van der Waals surface area contributed by atoms with Crippen molar-refractivity contribution < 1.29 is 8.42 Å². The summed E-state index contributed by atoms with van der Waals surface area (Å²) in [6.45, 7) is 5.10. The van der Waals surface area contributed by atoms with E-state index < -0.39 is 10.0 Å². The van der Waals surface area contributed by atoms with Crippen molar-refractivity contribution in [2.45, 2.75) is 31.3 Å². The Labute approximate surface area is 129 Å². The molecule has 2 aromatic rings. The van der Waals surface area contributed by atoms with Crippen LogP contribution in [0.4, 0.5) is 0 Å². The van der Waals surface area contributed by atoms with Crippen LogP contribution in [0.1, 0.15) is 30.5 Å². The third-order valence-electron chi connectivity index (χ3n) is 2.98. The third kappa shape index (κ3) is 4.10. The largest absolute Gasteiger partial charge is 0.313 e. The second-order valence-corrected chi connectivity index (χ2v) is 7.21. The predicted octanol–water partition coefficient (Wildman–Crippen LogP) is 2.29. The summed E-state index contributed by atoms with van der Waals surface area (Å²) in [6, 6.07) is 6.69. The number of thiazole rings is 1. The molecule has 2 N–H and O–H groups in total. The highest BCUT2D eigenvalue weighted by atomic mass is 32.2. The fraction of sp³-hybridized carbons (Fsp3) is 0.357. The molecular formula is C14H19N3O2S2. The smallest absolute Gasteiger partial charge is 0.241 e. The Bertz CT molecular complexity index is 669. The summed E-state index contributed by atoms with van der Waals surface area (Å²) in [7, 11) is -3.57. The first-order valence-electron chi connectivity index (χ1n) is 6.75. The van der Waals surface area contributed by atoms with Gasteiger partial charge in [0.25, 0.3) is 0 Å². The lowest BCUT2D eigenvalue weighted by molar-refractivity contribution is 0.564. The zero-order chi connectivity index (χ0) is 15.3. The van der Waals surface area contributed by atoms with E-state index in [-0.39, 0.29) is 6.04 Å². The second kappa shape index (κ2) is 7.13. The van der Waals surface area contributed by atoms with Crippen molar-refractivity contribution in [1.29, 1.82) is 0 Å². The van der Waals surface area contributed by atoms with E-state index in [1.165, 1.54) is 11.3 Å². The van der Waals surface area contributed by atoms with Crippen LogP contribution in [0.15, 0.2) is 40.7 Å². The molecule has 114 valence electrons. The molecule has 0 aliphatic carbocycles. The van der Waals surface area contributed by atoms with Gasteiger partial charge >= 0.3 is 0 Å². The molecule has 1 atom stereocenters. The lowest BCUT2D eigenvalue weighted by Gasteiger charge is -2.15. The Morgan fingerprint density at radius 3 is 2.76 bits per heavy atom. The SMILES string of the molecule is CCNCc1ccccc1S(=O)(=O)NC(C)c1nccs1. The summed E-state index contributed by atoms with van der Waals surface area (Å²) >= 11 is 1.43. The highest BCUT2D eigenvalue weighted by molar-refractivity contribution is 7.89. The minimum Gasteiger partial charge on any atom is -0.313 e. The Kier molecular flexibility index (Phi) is 5.46. The Morgan fingerprint density at radius 2 is 2.10 bits per heavy atom. The molecule has 0 amide bonds. The molecule has 0 aliphatic heterocycles. The van der Waals surface area contributed by atoms with Gasteiger partial charge in [-0.25, -0.2) is 18.1 Å². The molecule has 0 aliphatic rings. The topological polar surface area (TPSA) is 71.1 Å². The molecule has 1 aromatic carbocycles. The molecule has 5 nitrogen and oxygen atoms in total. The minimum absolute atomic E-state index is 0.314. The van der Waals surface area contributed by atoms with Crippen LogP contribution < -0.4 is 10.0 Å². The number of nitrogens with one attached hydrogen (secondary N) is 2. The number of aromatic nitrogens is 1. The molecule has 0 spiro atoms. The Morgan fingerprint density at radius 1 is 1.33 bits per heavy atom. The average Bonchev–Trinajstić information content (AvgIpc) is 2.99. The van der Waals surface area contributed by atoms with Gasteiger partial charge in [-0.15, -0.1) is 11.3 Å². The molecule has 0 radical (unpaired) electrons. The van der Waals surface area contributed by atoms with E-state index in [0.29, 0.717) is 11.4 Å². The van der Waals surface area contributed by atoms with Crippen molar-refractivity contribution in [1.82, 2.24) is 15.0 Å². The number of hydrogen-bond acceptors (Lipinski definition) is 5. The fourth-order valence-electron chi connectivity index (χ4n) is 1.97. The standard InChI is InChI=1S/C14H19N3O2S2/c1-3-15-10-12-6-4-5-7-13(12)21(18,19)17-11(2)14-16-8-9-20-14/h4-9,11,15,17H,3,10H2,1-2H3. The third-order valence-corrected chi connectivity index (χ3v) is 5.58. The first-order chi connectivity index (χ1) is 10.0. The fourth-order valence-corrected chi connectivity index (χ4v) is 4.13. The second-order valence-electron chi connectivity index (χ2n) is 4.60. The van der Waals surface area contributed by atoms with E-state index in [0.717, 1.165) is 17.1 Å².